The summed E-state index contributed by atoms with van der Waals surface area (Å²) in [5.74, 6) is -1.18. The molecular weight excluding hydrogens is 466 g/mol. The summed E-state index contributed by atoms with van der Waals surface area (Å²) in [5.41, 5.74) is 1.36. The summed E-state index contributed by atoms with van der Waals surface area (Å²) in [7, 11) is 0. The maximum Gasteiger partial charge on any atom is 0.349 e. The van der Waals surface area contributed by atoms with Crippen LogP contribution in [-0.4, -0.2) is 24.3 Å². The second-order valence-electron chi connectivity index (χ2n) is 9.52. The highest BCUT2D eigenvalue weighted by Crippen LogP contribution is 2.27. The first-order chi connectivity index (χ1) is 18.1. The van der Waals surface area contributed by atoms with E-state index in [9.17, 15) is 14.4 Å². The third-order valence-corrected chi connectivity index (χ3v) is 6.53. The van der Waals surface area contributed by atoms with E-state index in [0.717, 1.165) is 12.8 Å². The molecule has 0 fully saturated rings. The van der Waals surface area contributed by atoms with E-state index in [-0.39, 0.29) is 17.3 Å². The fraction of sp³-hybridized carbons (Fsp3) is 0.452. The van der Waals surface area contributed by atoms with Gasteiger partial charge in [0.15, 0.2) is 0 Å². The Kier molecular flexibility index (Phi) is 11.9. The summed E-state index contributed by atoms with van der Waals surface area (Å²) < 4.78 is 10.6. The van der Waals surface area contributed by atoms with Crippen molar-refractivity contribution in [1.29, 1.82) is 0 Å². The molecule has 0 amide bonds. The molecule has 0 radical (unpaired) electrons. The number of benzene rings is 2. The van der Waals surface area contributed by atoms with Gasteiger partial charge in [0, 0.05) is 11.9 Å². The van der Waals surface area contributed by atoms with Gasteiger partial charge in [0.05, 0.1) is 17.7 Å². The number of hydrogen-bond donors (Lipinski definition) is 1. The van der Waals surface area contributed by atoms with Crippen LogP contribution in [0.1, 0.15) is 105 Å². The molecule has 0 aromatic heterocycles. The van der Waals surface area contributed by atoms with Crippen LogP contribution in [0.25, 0.3) is 0 Å². The molecule has 6 heteroatoms. The van der Waals surface area contributed by atoms with E-state index in [1.807, 2.05) is 0 Å². The molecule has 0 aliphatic carbocycles. The van der Waals surface area contributed by atoms with Gasteiger partial charge >= 0.3 is 11.9 Å². The summed E-state index contributed by atoms with van der Waals surface area (Å²) in [4.78, 5) is 37.1. The first-order valence-corrected chi connectivity index (χ1v) is 13.7. The highest BCUT2D eigenvalue weighted by atomic mass is 16.5. The molecule has 1 aliphatic heterocycles. The minimum Gasteiger partial charge on any atom is -0.462 e. The summed E-state index contributed by atoms with van der Waals surface area (Å²) in [6.45, 7) is 2.68. The smallest absolute Gasteiger partial charge is 0.349 e. The number of ether oxygens (including phenoxy) is 2. The van der Waals surface area contributed by atoms with Gasteiger partial charge in [0.25, 0.3) is 0 Å². The first-order valence-electron chi connectivity index (χ1n) is 13.7. The number of rotatable bonds is 16. The van der Waals surface area contributed by atoms with Crippen LogP contribution in [0.15, 0.2) is 60.3 Å². The van der Waals surface area contributed by atoms with Crippen molar-refractivity contribution >= 4 is 23.4 Å². The average Bonchev–Trinajstić information content (AvgIpc) is 2.91. The second kappa shape index (κ2) is 15.6. The number of ketones is 1. The lowest BCUT2D eigenvalue weighted by Crippen LogP contribution is -2.25. The molecule has 1 N–H and O–H groups in total. The van der Waals surface area contributed by atoms with Crippen molar-refractivity contribution in [2.24, 2.45) is 0 Å². The molecule has 0 saturated heterocycles. The predicted molar refractivity (Wildman–Crippen MR) is 146 cm³/mol. The highest BCUT2D eigenvalue weighted by Gasteiger charge is 2.30. The molecule has 0 spiro atoms. The van der Waals surface area contributed by atoms with Crippen molar-refractivity contribution in [1.82, 2.24) is 0 Å². The Labute approximate surface area is 220 Å². The van der Waals surface area contributed by atoms with Gasteiger partial charge in [-0.25, -0.2) is 9.59 Å². The van der Waals surface area contributed by atoms with Gasteiger partial charge in [0.1, 0.15) is 11.3 Å². The fourth-order valence-corrected chi connectivity index (χ4v) is 4.31. The number of Topliss-reactive ketones (excluding diaryl/α,β-unsaturated/α-hetero) is 1. The minimum absolute atomic E-state index is 0.0791. The third kappa shape index (κ3) is 9.19. The van der Waals surface area contributed by atoms with Gasteiger partial charge < -0.3 is 14.8 Å². The Morgan fingerprint density at radius 1 is 0.811 bits per heavy atom. The summed E-state index contributed by atoms with van der Waals surface area (Å²) in [6, 6.07) is 13.3. The van der Waals surface area contributed by atoms with Gasteiger partial charge in [-0.2, -0.15) is 0 Å². The maximum absolute atomic E-state index is 12.6. The largest absolute Gasteiger partial charge is 0.462 e. The van der Waals surface area contributed by atoms with Crippen LogP contribution < -0.4 is 10.1 Å². The normalized spacial score (nSPS) is 13.8. The molecule has 198 valence electrons. The van der Waals surface area contributed by atoms with Crippen LogP contribution in [0.5, 0.6) is 5.75 Å². The number of carbonyl (C=O) groups is 3. The topological polar surface area (TPSA) is 81.7 Å². The molecule has 0 saturated carbocycles. The zero-order valence-electron chi connectivity index (χ0n) is 21.9. The quantitative estimate of drug-likeness (QED) is 0.0830. The van der Waals surface area contributed by atoms with E-state index in [1.54, 1.807) is 48.5 Å². The van der Waals surface area contributed by atoms with Gasteiger partial charge in [-0.3, -0.25) is 4.79 Å². The van der Waals surface area contributed by atoms with Crippen molar-refractivity contribution < 1.29 is 23.9 Å². The number of unbranched alkanes of at least 4 members (excludes halogenated alkanes) is 11. The Morgan fingerprint density at radius 2 is 1.41 bits per heavy atom. The second-order valence-corrected chi connectivity index (χ2v) is 9.52. The Morgan fingerprint density at radius 3 is 2.05 bits per heavy atom. The molecule has 2 aromatic rings. The number of carbonyl (C=O) groups excluding carboxylic acids is 3. The van der Waals surface area contributed by atoms with Crippen LogP contribution in [0.3, 0.4) is 0 Å². The summed E-state index contributed by atoms with van der Waals surface area (Å²) in [5, 5.41) is 2.93. The number of para-hydroxylation sites is 1. The molecule has 37 heavy (non-hydrogen) atoms. The minimum atomic E-state index is -0.700. The molecule has 2 aromatic carbocycles. The van der Waals surface area contributed by atoms with E-state index >= 15 is 0 Å². The van der Waals surface area contributed by atoms with E-state index in [2.05, 4.69) is 12.2 Å². The predicted octanol–water partition coefficient (Wildman–Crippen LogP) is 7.64. The van der Waals surface area contributed by atoms with Crippen LogP contribution >= 0.6 is 0 Å². The summed E-state index contributed by atoms with van der Waals surface area (Å²) >= 11 is 0. The van der Waals surface area contributed by atoms with E-state index < -0.39 is 11.8 Å². The van der Waals surface area contributed by atoms with Crippen LogP contribution in [0.4, 0.5) is 5.69 Å². The van der Waals surface area contributed by atoms with Crippen molar-refractivity contribution in [2.75, 3.05) is 11.9 Å². The summed E-state index contributed by atoms with van der Waals surface area (Å²) in [6.07, 6.45) is 16.5. The average molecular weight is 506 g/mol. The molecule has 1 aliphatic rings. The van der Waals surface area contributed by atoms with E-state index in [0.29, 0.717) is 23.4 Å². The lowest BCUT2D eigenvalue weighted by Gasteiger charge is -2.16. The SMILES string of the molecule is CCCCCCCCCCCCCCOC(=O)c1ccc(NC=C2C(=O)Oc3ccccc3C2=O)cc1. The first kappa shape index (κ1) is 28.2. The molecular formula is C31H39NO5. The fourth-order valence-electron chi connectivity index (χ4n) is 4.31. The zero-order chi connectivity index (χ0) is 26.3. The Balaban J connectivity index is 1.30. The van der Waals surface area contributed by atoms with Crippen LogP contribution in [0, 0.1) is 0 Å². The Bertz CT molecular complexity index is 1060. The molecule has 6 nitrogen and oxygen atoms in total. The van der Waals surface area contributed by atoms with Crippen LogP contribution in [0.2, 0.25) is 0 Å². The molecule has 0 bridgehead atoms. The van der Waals surface area contributed by atoms with Crippen molar-refractivity contribution in [3.05, 3.63) is 71.4 Å². The zero-order valence-corrected chi connectivity index (χ0v) is 21.9. The number of nitrogens with one attached hydrogen (secondary N) is 1. The Hall–Kier alpha value is -3.41. The van der Waals surface area contributed by atoms with Crippen molar-refractivity contribution in [3.63, 3.8) is 0 Å². The molecule has 1 heterocycles. The standard InChI is InChI=1S/C31H39NO5/c1-2-3-4-5-6-7-8-9-10-11-12-15-22-36-30(34)24-18-20-25(21-19-24)32-23-27-29(33)26-16-13-14-17-28(26)37-31(27)35/h13-14,16-21,23,32H,2-12,15,22H2,1H3. The third-order valence-electron chi connectivity index (χ3n) is 6.53. The molecule has 3 rings (SSSR count). The maximum atomic E-state index is 12.6. The number of fused-ring (bicyclic) bond motifs is 1. The highest BCUT2D eigenvalue weighted by molar-refractivity contribution is 6.27. The van der Waals surface area contributed by atoms with Gasteiger partial charge in [0.2, 0.25) is 5.78 Å². The van der Waals surface area contributed by atoms with Crippen molar-refractivity contribution in [2.45, 2.75) is 84.0 Å². The monoisotopic (exact) mass is 505 g/mol. The molecule has 0 atom stereocenters. The van der Waals surface area contributed by atoms with Crippen molar-refractivity contribution in [3.8, 4) is 5.75 Å². The van der Waals surface area contributed by atoms with Gasteiger partial charge in [-0.05, 0) is 42.8 Å². The van der Waals surface area contributed by atoms with Gasteiger partial charge in [-0.1, -0.05) is 89.7 Å². The lowest BCUT2D eigenvalue weighted by molar-refractivity contribution is -0.130. The number of anilines is 1. The van der Waals surface area contributed by atoms with E-state index in [1.165, 1.54) is 70.4 Å². The van der Waals surface area contributed by atoms with Gasteiger partial charge in [-0.15, -0.1) is 0 Å². The number of hydrogen-bond acceptors (Lipinski definition) is 6. The lowest BCUT2D eigenvalue weighted by atomic mass is 10.0. The van der Waals surface area contributed by atoms with Crippen LogP contribution in [-0.2, 0) is 9.53 Å². The molecule has 0 unspecified atom stereocenters. The number of esters is 2. The van der Waals surface area contributed by atoms with E-state index in [4.69, 9.17) is 9.47 Å².